The van der Waals surface area contributed by atoms with E-state index in [1.807, 2.05) is 13.8 Å². The molecule has 0 aliphatic carbocycles. The van der Waals surface area contributed by atoms with Crippen molar-refractivity contribution in [1.29, 1.82) is 0 Å². The molecule has 116 valence electrons. The Hall–Kier alpha value is -1.65. The Balaban J connectivity index is 2.21. The lowest BCUT2D eigenvalue weighted by atomic mass is 10.1. The van der Waals surface area contributed by atoms with E-state index in [0.29, 0.717) is 13.1 Å². The zero-order valence-electron chi connectivity index (χ0n) is 12.9. The molecule has 5 heteroatoms. The second kappa shape index (κ2) is 7.38. The molecule has 1 amide bonds. The Morgan fingerprint density at radius 1 is 1.48 bits per heavy atom. The lowest BCUT2D eigenvalue weighted by Gasteiger charge is -2.27. The van der Waals surface area contributed by atoms with E-state index < -0.39 is 5.82 Å². The highest BCUT2D eigenvalue weighted by Crippen LogP contribution is 2.22. The zero-order valence-corrected chi connectivity index (χ0v) is 12.9. The van der Waals surface area contributed by atoms with Crippen molar-refractivity contribution in [2.45, 2.75) is 52.0 Å². The molecule has 21 heavy (non-hydrogen) atoms. The fourth-order valence-corrected chi connectivity index (χ4v) is 2.71. The van der Waals surface area contributed by atoms with Gasteiger partial charge in [-0.3, -0.25) is 4.79 Å². The Labute approximate surface area is 125 Å². The van der Waals surface area contributed by atoms with Crippen LogP contribution in [-0.2, 0) is 0 Å². The number of likely N-dealkylation sites (tertiary alicyclic amines) is 1. The van der Waals surface area contributed by atoms with Gasteiger partial charge in [0.25, 0.3) is 5.91 Å². The Bertz CT molecular complexity index is 492. The SMILES string of the molecule is CCCNc1nccc(C(=O)N2CCCCCC2C)c1F. The van der Waals surface area contributed by atoms with Gasteiger partial charge in [-0.25, -0.2) is 9.37 Å². The molecule has 0 saturated carbocycles. The van der Waals surface area contributed by atoms with Crippen molar-refractivity contribution in [3.8, 4) is 0 Å². The highest BCUT2D eigenvalue weighted by atomic mass is 19.1. The second-order valence-electron chi connectivity index (χ2n) is 5.64. The first kappa shape index (κ1) is 15.7. The third kappa shape index (κ3) is 3.71. The summed E-state index contributed by atoms with van der Waals surface area (Å²) in [6.45, 7) is 5.39. The quantitative estimate of drug-likeness (QED) is 0.925. The highest BCUT2D eigenvalue weighted by molar-refractivity contribution is 5.95. The van der Waals surface area contributed by atoms with Gasteiger partial charge in [-0.05, 0) is 32.3 Å². The van der Waals surface area contributed by atoms with Crippen LogP contribution in [0.25, 0.3) is 0 Å². The summed E-state index contributed by atoms with van der Waals surface area (Å²) in [5.41, 5.74) is 0.123. The van der Waals surface area contributed by atoms with E-state index >= 15 is 0 Å². The standard InChI is InChI=1S/C16H24FN3O/c1-3-9-18-15-14(17)13(8-10-19-15)16(21)20-11-6-4-5-7-12(20)2/h8,10,12H,3-7,9,11H2,1-2H3,(H,18,19). The van der Waals surface area contributed by atoms with E-state index in [0.717, 1.165) is 32.1 Å². The van der Waals surface area contributed by atoms with Gasteiger partial charge in [0.15, 0.2) is 11.6 Å². The van der Waals surface area contributed by atoms with Crippen molar-refractivity contribution in [2.24, 2.45) is 0 Å². The van der Waals surface area contributed by atoms with Gasteiger partial charge < -0.3 is 10.2 Å². The van der Waals surface area contributed by atoms with Crippen molar-refractivity contribution in [3.63, 3.8) is 0 Å². The second-order valence-corrected chi connectivity index (χ2v) is 5.64. The molecule has 1 unspecified atom stereocenters. The molecule has 1 aromatic heterocycles. The average molecular weight is 293 g/mol. The number of carbonyl (C=O) groups excluding carboxylic acids is 1. The number of anilines is 1. The van der Waals surface area contributed by atoms with Crippen molar-refractivity contribution < 1.29 is 9.18 Å². The molecule has 1 atom stereocenters. The predicted octanol–water partition coefficient (Wildman–Crippen LogP) is 3.45. The van der Waals surface area contributed by atoms with Gasteiger partial charge in [-0.2, -0.15) is 0 Å². The van der Waals surface area contributed by atoms with Gasteiger partial charge in [-0.15, -0.1) is 0 Å². The van der Waals surface area contributed by atoms with Crippen LogP contribution >= 0.6 is 0 Å². The molecule has 1 aromatic rings. The molecule has 0 radical (unpaired) electrons. The average Bonchev–Trinajstić information content (AvgIpc) is 2.70. The predicted molar refractivity (Wildman–Crippen MR) is 81.9 cm³/mol. The van der Waals surface area contributed by atoms with Crippen molar-refractivity contribution >= 4 is 11.7 Å². The van der Waals surface area contributed by atoms with Gasteiger partial charge >= 0.3 is 0 Å². The molecule has 0 spiro atoms. The number of hydrogen-bond acceptors (Lipinski definition) is 3. The maximum atomic E-state index is 14.5. The fourth-order valence-electron chi connectivity index (χ4n) is 2.71. The summed E-state index contributed by atoms with van der Waals surface area (Å²) in [5, 5.41) is 2.93. The molecule has 1 aliphatic rings. The van der Waals surface area contributed by atoms with Crippen LogP contribution in [0.2, 0.25) is 0 Å². The molecule has 1 saturated heterocycles. The maximum Gasteiger partial charge on any atom is 0.257 e. The minimum Gasteiger partial charge on any atom is -0.368 e. The molecule has 0 bridgehead atoms. The third-order valence-corrected chi connectivity index (χ3v) is 3.98. The summed E-state index contributed by atoms with van der Waals surface area (Å²) in [4.78, 5) is 18.4. The number of nitrogens with one attached hydrogen (secondary N) is 1. The van der Waals surface area contributed by atoms with Gasteiger partial charge in [-0.1, -0.05) is 19.8 Å². The molecule has 4 nitrogen and oxygen atoms in total. The van der Waals surface area contributed by atoms with Gasteiger partial charge in [0, 0.05) is 25.3 Å². The molecule has 2 heterocycles. The summed E-state index contributed by atoms with van der Waals surface area (Å²) < 4.78 is 14.5. The van der Waals surface area contributed by atoms with E-state index in [-0.39, 0.29) is 23.3 Å². The van der Waals surface area contributed by atoms with Crippen LogP contribution in [0.5, 0.6) is 0 Å². The normalized spacial score (nSPS) is 19.2. The lowest BCUT2D eigenvalue weighted by molar-refractivity contribution is 0.0693. The minimum atomic E-state index is -0.535. The van der Waals surface area contributed by atoms with Crippen molar-refractivity contribution in [3.05, 3.63) is 23.6 Å². The van der Waals surface area contributed by atoms with Crippen LogP contribution in [0.3, 0.4) is 0 Å². The van der Waals surface area contributed by atoms with Gasteiger partial charge in [0.2, 0.25) is 0 Å². The number of pyridine rings is 1. The van der Waals surface area contributed by atoms with Crippen LogP contribution in [-0.4, -0.2) is 34.9 Å². The first-order chi connectivity index (χ1) is 10.1. The van der Waals surface area contributed by atoms with E-state index in [4.69, 9.17) is 0 Å². The van der Waals surface area contributed by atoms with Gasteiger partial charge in [0.1, 0.15) is 0 Å². The zero-order chi connectivity index (χ0) is 15.2. The van der Waals surface area contributed by atoms with Crippen molar-refractivity contribution in [1.82, 2.24) is 9.88 Å². The maximum absolute atomic E-state index is 14.5. The first-order valence-electron chi connectivity index (χ1n) is 7.84. The Kier molecular flexibility index (Phi) is 5.53. The van der Waals surface area contributed by atoms with E-state index in [2.05, 4.69) is 10.3 Å². The van der Waals surface area contributed by atoms with Crippen molar-refractivity contribution in [2.75, 3.05) is 18.4 Å². The molecular weight excluding hydrogens is 269 g/mol. The molecule has 1 N–H and O–H groups in total. The number of amides is 1. The van der Waals surface area contributed by atoms with E-state index in [9.17, 15) is 9.18 Å². The highest BCUT2D eigenvalue weighted by Gasteiger charge is 2.26. The lowest BCUT2D eigenvalue weighted by Crippen LogP contribution is -2.38. The number of carbonyl (C=O) groups is 1. The smallest absolute Gasteiger partial charge is 0.257 e. The number of nitrogens with zero attached hydrogens (tertiary/aromatic N) is 2. The molecule has 0 aromatic carbocycles. The molecule has 1 fully saturated rings. The van der Waals surface area contributed by atoms with Crippen LogP contribution in [0.15, 0.2) is 12.3 Å². The Morgan fingerprint density at radius 2 is 2.29 bits per heavy atom. The third-order valence-electron chi connectivity index (χ3n) is 3.98. The summed E-state index contributed by atoms with van der Waals surface area (Å²) in [6, 6.07) is 1.64. The monoisotopic (exact) mass is 293 g/mol. The molecule has 2 rings (SSSR count). The fraction of sp³-hybridized carbons (Fsp3) is 0.625. The number of hydrogen-bond donors (Lipinski definition) is 1. The van der Waals surface area contributed by atoms with Crippen LogP contribution < -0.4 is 5.32 Å². The first-order valence-corrected chi connectivity index (χ1v) is 7.84. The number of rotatable bonds is 4. The van der Waals surface area contributed by atoms with Gasteiger partial charge in [0.05, 0.1) is 5.56 Å². The molecule has 1 aliphatic heterocycles. The summed E-state index contributed by atoms with van der Waals surface area (Å²) in [6.07, 6.45) is 6.62. The number of halogens is 1. The van der Waals surface area contributed by atoms with Crippen LogP contribution in [0.4, 0.5) is 10.2 Å². The minimum absolute atomic E-state index is 0.123. The largest absolute Gasteiger partial charge is 0.368 e. The van der Waals surface area contributed by atoms with Crippen LogP contribution in [0, 0.1) is 5.82 Å². The van der Waals surface area contributed by atoms with Crippen LogP contribution in [0.1, 0.15) is 56.3 Å². The van der Waals surface area contributed by atoms with E-state index in [1.165, 1.54) is 12.3 Å². The van der Waals surface area contributed by atoms with E-state index in [1.54, 1.807) is 4.90 Å². The topological polar surface area (TPSA) is 45.2 Å². The Morgan fingerprint density at radius 3 is 3.05 bits per heavy atom. The summed E-state index contributed by atoms with van der Waals surface area (Å²) in [5.74, 6) is -0.582. The summed E-state index contributed by atoms with van der Waals surface area (Å²) >= 11 is 0. The summed E-state index contributed by atoms with van der Waals surface area (Å²) in [7, 11) is 0. The number of aromatic nitrogens is 1. The molecular formula is C16H24FN3O.